The number of thiazole rings is 1. The first-order valence-electron chi connectivity index (χ1n) is 11.4. The van der Waals surface area contributed by atoms with E-state index in [0.29, 0.717) is 0 Å². The van der Waals surface area contributed by atoms with E-state index in [1.54, 1.807) is 11.3 Å². The summed E-state index contributed by atoms with van der Waals surface area (Å²) in [5.41, 5.74) is 5.50. The van der Waals surface area contributed by atoms with Gasteiger partial charge in [-0.2, -0.15) is 0 Å². The Morgan fingerprint density at radius 2 is 2.07 bits per heavy atom. The molecule has 2 bridgehead atoms. The topological polar surface area (TPSA) is 29.0 Å². The summed E-state index contributed by atoms with van der Waals surface area (Å²) in [6, 6.07) is 15.7. The maximum Gasteiger partial charge on any atom is 0.141 e. The Balaban J connectivity index is 1.48. The van der Waals surface area contributed by atoms with Crippen molar-refractivity contribution in [1.82, 2.24) is 14.9 Å². The minimum absolute atomic E-state index is 0.151. The summed E-state index contributed by atoms with van der Waals surface area (Å²) in [6.45, 7) is 4.71. The quantitative estimate of drug-likeness (QED) is 0.532. The van der Waals surface area contributed by atoms with Gasteiger partial charge in [-0.25, -0.2) is 9.97 Å². The maximum absolute atomic E-state index is 5.21. The molecular formula is C26H29N3S. The zero-order chi connectivity index (χ0) is 20.1. The Morgan fingerprint density at radius 1 is 1.17 bits per heavy atom. The van der Waals surface area contributed by atoms with Gasteiger partial charge in [0.2, 0.25) is 0 Å². The van der Waals surface area contributed by atoms with E-state index < -0.39 is 0 Å². The van der Waals surface area contributed by atoms with Gasteiger partial charge in [0, 0.05) is 23.8 Å². The van der Waals surface area contributed by atoms with Gasteiger partial charge in [0.1, 0.15) is 5.01 Å². The third-order valence-electron chi connectivity index (χ3n) is 7.82. The molecule has 3 aromatic rings. The molecule has 0 radical (unpaired) electrons. The molecule has 1 aliphatic heterocycles. The molecule has 2 aromatic heterocycles. The van der Waals surface area contributed by atoms with Crippen LogP contribution in [0.4, 0.5) is 0 Å². The van der Waals surface area contributed by atoms with E-state index in [1.807, 2.05) is 11.6 Å². The number of aromatic nitrogens is 2. The van der Waals surface area contributed by atoms with Crippen LogP contribution in [0.3, 0.4) is 0 Å². The maximum atomic E-state index is 5.21. The number of piperidine rings is 1. The Kier molecular flexibility index (Phi) is 4.54. The SMILES string of the molecule is C[C@@H]1C[C@H]2Cc3nc(-c4nccs4)ccc3[C@@]3(C1)[C@@H]2CCCN3Cc1ccccc1. The zero-order valence-corrected chi connectivity index (χ0v) is 18.4. The van der Waals surface area contributed by atoms with Crippen LogP contribution in [-0.4, -0.2) is 21.4 Å². The normalized spacial score (nSPS) is 30.5. The number of pyridine rings is 1. The van der Waals surface area contributed by atoms with Gasteiger partial charge in [-0.3, -0.25) is 4.90 Å². The summed E-state index contributed by atoms with van der Waals surface area (Å²) in [7, 11) is 0. The van der Waals surface area contributed by atoms with Crippen molar-refractivity contribution in [3.8, 4) is 10.7 Å². The largest absolute Gasteiger partial charge is 0.289 e. The highest BCUT2D eigenvalue weighted by Gasteiger charge is 2.57. The fourth-order valence-electron chi connectivity index (χ4n) is 6.87. The predicted octanol–water partition coefficient (Wildman–Crippen LogP) is 5.91. The Morgan fingerprint density at radius 3 is 2.90 bits per heavy atom. The molecule has 2 aliphatic carbocycles. The first kappa shape index (κ1) is 18.7. The lowest BCUT2D eigenvalue weighted by molar-refractivity contribution is -0.0967. The van der Waals surface area contributed by atoms with Gasteiger partial charge < -0.3 is 0 Å². The van der Waals surface area contributed by atoms with E-state index in [0.717, 1.165) is 41.4 Å². The number of nitrogens with zero attached hydrogens (tertiary/aromatic N) is 3. The van der Waals surface area contributed by atoms with Crippen molar-refractivity contribution in [3.63, 3.8) is 0 Å². The lowest BCUT2D eigenvalue weighted by atomic mass is 9.53. The van der Waals surface area contributed by atoms with Crippen LogP contribution in [0.1, 0.15) is 49.4 Å². The van der Waals surface area contributed by atoms with Crippen molar-refractivity contribution < 1.29 is 0 Å². The number of benzene rings is 1. The molecule has 1 saturated carbocycles. The average Bonchev–Trinajstić information content (AvgIpc) is 3.29. The number of rotatable bonds is 3. The summed E-state index contributed by atoms with van der Waals surface area (Å²) in [5.74, 6) is 2.31. The van der Waals surface area contributed by atoms with Crippen molar-refractivity contribution >= 4 is 11.3 Å². The molecule has 0 unspecified atom stereocenters. The number of fused-ring (bicyclic) bond motifs is 1. The van der Waals surface area contributed by atoms with Crippen LogP contribution in [-0.2, 0) is 18.5 Å². The van der Waals surface area contributed by atoms with Crippen LogP contribution in [0.15, 0.2) is 54.0 Å². The zero-order valence-electron chi connectivity index (χ0n) is 17.6. The molecule has 3 nitrogen and oxygen atoms in total. The van der Waals surface area contributed by atoms with Crippen molar-refractivity contribution in [3.05, 3.63) is 70.9 Å². The van der Waals surface area contributed by atoms with Gasteiger partial charge in [-0.05, 0) is 73.6 Å². The van der Waals surface area contributed by atoms with Crippen LogP contribution in [0.5, 0.6) is 0 Å². The lowest BCUT2D eigenvalue weighted by Crippen LogP contribution is -2.61. The third-order valence-corrected chi connectivity index (χ3v) is 8.61. The van der Waals surface area contributed by atoms with Crippen LogP contribution < -0.4 is 0 Å². The molecule has 30 heavy (non-hydrogen) atoms. The fraction of sp³-hybridized carbons (Fsp3) is 0.462. The minimum Gasteiger partial charge on any atom is -0.289 e. The molecule has 4 heteroatoms. The third kappa shape index (κ3) is 2.88. The number of hydrogen-bond donors (Lipinski definition) is 0. The molecule has 0 amide bonds. The molecular weight excluding hydrogens is 386 g/mol. The second kappa shape index (κ2) is 7.28. The lowest BCUT2D eigenvalue weighted by Gasteiger charge is -2.61. The van der Waals surface area contributed by atoms with E-state index in [2.05, 4.69) is 59.3 Å². The summed E-state index contributed by atoms with van der Waals surface area (Å²) < 4.78 is 0. The number of hydrogen-bond acceptors (Lipinski definition) is 4. The molecule has 3 heterocycles. The van der Waals surface area contributed by atoms with E-state index in [9.17, 15) is 0 Å². The summed E-state index contributed by atoms with van der Waals surface area (Å²) in [6.07, 6.45) is 8.35. The van der Waals surface area contributed by atoms with Crippen molar-refractivity contribution in [2.45, 2.75) is 51.1 Å². The molecule has 3 aliphatic rings. The van der Waals surface area contributed by atoms with Gasteiger partial charge in [0.15, 0.2) is 0 Å². The van der Waals surface area contributed by atoms with Gasteiger partial charge in [-0.15, -0.1) is 11.3 Å². The van der Waals surface area contributed by atoms with Gasteiger partial charge in [-0.1, -0.05) is 43.3 Å². The van der Waals surface area contributed by atoms with E-state index in [4.69, 9.17) is 4.98 Å². The summed E-state index contributed by atoms with van der Waals surface area (Å²) >= 11 is 1.69. The Hall–Kier alpha value is -2.04. The summed E-state index contributed by atoms with van der Waals surface area (Å²) in [4.78, 5) is 12.6. The van der Waals surface area contributed by atoms with Gasteiger partial charge in [0.05, 0.1) is 11.2 Å². The molecule has 4 atom stereocenters. The Labute approximate surface area is 183 Å². The molecule has 2 fully saturated rings. The predicted molar refractivity (Wildman–Crippen MR) is 122 cm³/mol. The average molecular weight is 416 g/mol. The van der Waals surface area contributed by atoms with Crippen LogP contribution >= 0.6 is 11.3 Å². The molecule has 1 aromatic carbocycles. The highest BCUT2D eigenvalue weighted by Crippen LogP contribution is 2.59. The highest BCUT2D eigenvalue weighted by molar-refractivity contribution is 7.13. The molecule has 154 valence electrons. The van der Waals surface area contributed by atoms with E-state index >= 15 is 0 Å². The molecule has 0 N–H and O–H groups in total. The molecule has 1 saturated heterocycles. The van der Waals surface area contributed by atoms with Gasteiger partial charge in [0.25, 0.3) is 0 Å². The highest BCUT2D eigenvalue weighted by atomic mass is 32.1. The summed E-state index contributed by atoms with van der Waals surface area (Å²) in [5, 5.41) is 3.09. The molecule has 0 spiro atoms. The second-order valence-electron chi connectivity index (χ2n) is 9.62. The second-order valence-corrected chi connectivity index (χ2v) is 10.5. The van der Waals surface area contributed by atoms with Crippen LogP contribution in [0.25, 0.3) is 10.7 Å². The van der Waals surface area contributed by atoms with Crippen molar-refractivity contribution in [2.75, 3.05) is 6.54 Å². The smallest absolute Gasteiger partial charge is 0.141 e. The van der Waals surface area contributed by atoms with Crippen LogP contribution in [0.2, 0.25) is 0 Å². The van der Waals surface area contributed by atoms with E-state index in [-0.39, 0.29) is 5.54 Å². The standard InChI is InChI=1S/C26H29N3S/c1-18-14-20-15-24-22(9-10-23(28-24)25-27-11-13-30-25)26(16-18)21(20)8-5-12-29(26)17-19-6-3-2-4-7-19/h2-4,6-7,9-11,13,18,20-21H,5,8,12,14-17H2,1H3/t18-,20+,21-,26-/m1/s1. The first-order chi connectivity index (χ1) is 14.7. The van der Waals surface area contributed by atoms with Crippen molar-refractivity contribution in [2.24, 2.45) is 17.8 Å². The number of likely N-dealkylation sites (tertiary alicyclic amines) is 1. The van der Waals surface area contributed by atoms with Gasteiger partial charge >= 0.3 is 0 Å². The van der Waals surface area contributed by atoms with Crippen molar-refractivity contribution in [1.29, 1.82) is 0 Å². The minimum atomic E-state index is 0.151. The fourth-order valence-corrected chi connectivity index (χ4v) is 7.48. The molecule has 6 rings (SSSR count). The monoisotopic (exact) mass is 415 g/mol. The first-order valence-corrected chi connectivity index (χ1v) is 12.3. The van der Waals surface area contributed by atoms with E-state index in [1.165, 1.54) is 49.0 Å². The Bertz CT molecular complexity index is 1030. The van der Waals surface area contributed by atoms with Crippen LogP contribution in [0, 0.1) is 17.8 Å².